The molecule has 2 aromatic rings. The number of carbonyl (C=O) groups is 1. The highest BCUT2D eigenvalue weighted by atomic mass is 32.2. The molecule has 0 aromatic heterocycles. The Morgan fingerprint density at radius 1 is 1.17 bits per heavy atom. The first-order valence-electron chi connectivity index (χ1n) is 7.92. The molecule has 24 heavy (non-hydrogen) atoms. The van der Waals surface area contributed by atoms with Crippen LogP contribution in [0.1, 0.15) is 17.5 Å². The summed E-state index contributed by atoms with van der Waals surface area (Å²) in [6.45, 7) is 0.603. The van der Waals surface area contributed by atoms with Crippen LogP contribution >= 0.6 is 0 Å². The largest absolute Gasteiger partial charge is 0.312 e. The van der Waals surface area contributed by atoms with E-state index in [0.29, 0.717) is 25.8 Å². The summed E-state index contributed by atoms with van der Waals surface area (Å²) in [7, 11) is -2.07. The normalized spacial score (nSPS) is 13.8. The van der Waals surface area contributed by atoms with E-state index in [9.17, 15) is 13.2 Å². The van der Waals surface area contributed by atoms with E-state index in [0.717, 1.165) is 16.8 Å². The highest BCUT2D eigenvalue weighted by Crippen LogP contribution is 2.30. The van der Waals surface area contributed by atoms with Crippen molar-refractivity contribution in [3.63, 3.8) is 0 Å². The highest BCUT2D eigenvalue weighted by Gasteiger charge is 2.26. The number of anilines is 1. The molecule has 0 bridgehead atoms. The Morgan fingerprint density at radius 3 is 2.62 bits per heavy atom. The van der Waals surface area contributed by atoms with Gasteiger partial charge in [-0.2, -0.15) is 0 Å². The molecule has 0 unspecified atom stereocenters. The third kappa shape index (κ3) is 3.34. The van der Waals surface area contributed by atoms with Gasteiger partial charge in [0.1, 0.15) is 0 Å². The van der Waals surface area contributed by atoms with E-state index in [1.165, 1.54) is 7.05 Å². The Morgan fingerprint density at radius 2 is 1.92 bits per heavy atom. The van der Waals surface area contributed by atoms with E-state index >= 15 is 0 Å². The van der Waals surface area contributed by atoms with Crippen LogP contribution in [0.4, 0.5) is 5.69 Å². The van der Waals surface area contributed by atoms with Crippen molar-refractivity contribution in [3.8, 4) is 0 Å². The first-order chi connectivity index (χ1) is 11.5. The van der Waals surface area contributed by atoms with Gasteiger partial charge in [0.15, 0.2) is 0 Å². The van der Waals surface area contributed by atoms with Crippen LogP contribution in [0.3, 0.4) is 0 Å². The van der Waals surface area contributed by atoms with Gasteiger partial charge in [-0.25, -0.2) is 13.1 Å². The number of sulfonamides is 1. The minimum atomic E-state index is -3.46. The maximum atomic E-state index is 12.5. The van der Waals surface area contributed by atoms with Gasteiger partial charge in [-0.15, -0.1) is 0 Å². The second-order valence-corrected chi connectivity index (χ2v) is 7.67. The number of aryl methyl sites for hydroxylation is 1. The van der Waals surface area contributed by atoms with Crippen LogP contribution in [0.5, 0.6) is 0 Å². The summed E-state index contributed by atoms with van der Waals surface area (Å²) in [6, 6.07) is 14.9. The van der Waals surface area contributed by atoms with Gasteiger partial charge in [-0.05, 0) is 49.2 Å². The zero-order valence-electron chi connectivity index (χ0n) is 13.5. The van der Waals surface area contributed by atoms with Crippen LogP contribution < -0.4 is 9.62 Å². The maximum Gasteiger partial charge on any atom is 0.240 e. The van der Waals surface area contributed by atoms with Crippen LogP contribution in [0, 0.1) is 0 Å². The third-order valence-electron chi connectivity index (χ3n) is 4.30. The van der Waals surface area contributed by atoms with E-state index in [1.54, 1.807) is 23.1 Å². The number of fused-ring (bicyclic) bond motifs is 1. The molecule has 1 N–H and O–H groups in total. The van der Waals surface area contributed by atoms with Gasteiger partial charge in [0.25, 0.3) is 0 Å². The number of amides is 1. The Balaban J connectivity index is 1.73. The Hall–Kier alpha value is -2.18. The summed E-state index contributed by atoms with van der Waals surface area (Å²) in [4.78, 5) is 14.5. The fourth-order valence-corrected chi connectivity index (χ4v) is 3.73. The number of carbonyl (C=O) groups excluding carboxylic acids is 1. The lowest BCUT2D eigenvalue weighted by Gasteiger charge is -2.17. The first kappa shape index (κ1) is 16.7. The van der Waals surface area contributed by atoms with Gasteiger partial charge < -0.3 is 4.90 Å². The van der Waals surface area contributed by atoms with Crippen LogP contribution in [0.25, 0.3) is 0 Å². The van der Waals surface area contributed by atoms with Crippen LogP contribution in [-0.2, 0) is 27.7 Å². The van der Waals surface area contributed by atoms with Gasteiger partial charge >= 0.3 is 0 Å². The molecule has 0 fully saturated rings. The van der Waals surface area contributed by atoms with Crippen LogP contribution in [-0.4, -0.2) is 27.9 Å². The molecule has 0 saturated carbocycles. The minimum Gasteiger partial charge on any atom is -0.312 e. The van der Waals surface area contributed by atoms with Gasteiger partial charge in [0, 0.05) is 18.7 Å². The average Bonchev–Trinajstić information content (AvgIpc) is 3.04. The Bertz CT molecular complexity index is 848. The number of hydrogen-bond acceptors (Lipinski definition) is 3. The second kappa shape index (κ2) is 6.75. The van der Waals surface area contributed by atoms with Crippen molar-refractivity contribution in [2.45, 2.75) is 24.2 Å². The Labute approximate surface area is 142 Å². The lowest BCUT2D eigenvalue weighted by molar-refractivity contribution is -0.118. The molecule has 0 spiro atoms. The number of hydrogen-bond donors (Lipinski definition) is 1. The molecule has 5 nitrogen and oxygen atoms in total. The molecule has 1 aliphatic rings. The predicted octanol–water partition coefficient (Wildman–Crippen LogP) is 2.12. The van der Waals surface area contributed by atoms with Crippen molar-refractivity contribution in [2.24, 2.45) is 0 Å². The minimum absolute atomic E-state index is 0.0711. The van der Waals surface area contributed by atoms with Gasteiger partial charge in [0.05, 0.1) is 4.90 Å². The topological polar surface area (TPSA) is 66.5 Å². The standard InChI is InChI=1S/C18H20N2O3S/c1-19-24(22,23)16-8-9-17-15(13-16)11-12-20(17)18(21)10-7-14-5-3-2-4-6-14/h2-6,8-9,13,19H,7,10-12H2,1H3. The van der Waals surface area contributed by atoms with Gasteiger partial charge in [0.2, 0.25) is 15.9 Å². The number of nitrogens with zero attached hydrogens (tertiary/aromatic N) is 1. The molecular weight excluding hydrogens is 324 g/mol. The molecule has 0 atom stereocenters. The molecule has 3 rings (SSSR count). The zero-order chi connectivity index (χ0) is 17.2. The fraction of sp³-hybridized carbons (Fsp3) is 0.278. The quantitative estimate of drug-likeness (QED) is 0.903. The maximum absolute atomic E-state index is 12.5. The van der Waals surface area contributed by atoms with Gasteiger partial charge in [-0.3, -0.25) is 4.79 Å². The molecular formula is C18H20N2O3S. The SMILES string of the molecule is CNS(=O)(=O)c1ccc2c(c1)CCN2C(=O)CCc1ccccc1. The molecule has 1 aliphatic heterocycles. The van der Waals surface area contributed by atoms with Crippen molar-refractivity contribution in [1.29, 1.82) is 0 Å². The summed E-state index contributed by atoms with van der Waals surface area (Å²) >= 11 is 0. The predicted molar refractivity (Wildman–Crippen MR) is 93.5 cm³/mol. The fourth-order valence-electron chi connectivity index (χ4n) is 2.95. The average molecular weight is 344 g/mol. The molecule has 2 aromatic carbocycles. The number of rotatable bonds is 5. The zero-order valence-corrected chi connectivity index (χ0v) is 14.3. The van der Waals surface area contributed by atoms with Crippen LogP contribution in [0.15, 0.2) is 53.4 Å². The van der Waals surface area contributed by atoms with E-state index in [1.807, 2.05) is 30.3 Å². The second-order valence-electron chi connectivity index (χ2n) is 5.78. The lowest BCUT2D eigenvalue weighted by atomic mass is 10.1. The summed E-state index contributed by atoms with van der Waals surface area (Å²) in [6.07, 6.45) is 1.83. The number of benzene rings is 2. The van der Waals surface area contributed by atoms with Crippen LogP contribution in [0.2, 0.25) is 0 Å². The summed E-state index contributed by atoms with van der Waals surface area (Å²) < 4.78 is 26.1. The molecule has 0 radical (unpaired) electrons. The van der Waals surface area contributed by atoms with Crippen molar-refractivity contribution >= 4 is 21.6 Å². The number of nitrogens with one attached hydrogen (secondary N) is 1. The van der Waals surface area contributed by atoms with Crippen molar-refractivity contribution in [2.75, 3.05) is 18.5 Å². The Kier molecular flexibility index (Phi) is 4.69. The van der Waals surface area contributed by atoms with Crippen molar-refractivity contribution < 1.29 is 13.2 Å². The van der Waals surface area contributed by atoms with Crippen molar-refractivity contribution in [3.05, 3.63) is 59.7 Å². The van der Waals surface area contributed by atoms with E-state index < -0.39 is 10.0 Å². The molecule has 6 heteroatoms. The lowest BCUT2D eigenvalue weighted by Crippen LogP contribution is -2.29. The summed E-state index contributed by atoms with van der Waals surface area (Å²) in [5, 5.41) is 0. The van der Waals surface area contributed by atoms with Gasteiger partial charge in [-0.1, -0.05) is 30.3 Å². The molecule has 0 aliphatic carbocycles. The van der Waals surface area contributed by atoms with E-state index in [-0.39, 0.29) is 10.8 Å². The molecule has 1 amide bonds. The first-order valence-corrected chi connectivity index (χ1v) is 9.40. The molecule has 0 saturated heterocycles. The smallest absolute Gasteiger partial charge is 0.240 e. The van der Waals surface area contributed by atoms with E-state index in [4.69, 9.17) is 0 Å². The van der Waals surface area contributed by atoms with E-state index in [2.05, 4.69) is 4.72 Å². The monoisotopic (exact) mass is 344 g/mol. The summed E-state index contributed by atoms with van der Waals surface area (Å²) in [5.74, 6) is 0.0711. The highest BCUT2D eigenvalue weighted by molar-refractivity contribution is 7.89. The third-order valence-corrected chi connectivity index (χ3v) is 5.71. The van der Waals surface area contributed by atoms with Crippen molar-refractivity contribution in [1.82, 2.24) is 4.72 Å². The summed E-state index contributed by atoms with van der Waals surface area (Å²) in [5.41, 5.74) is 2.86. The molecule has 1 heterocycles. The molecule has 126 valence electrons.